The molecule has 0 fully saturated rings. The van der Waals surface area contributed by atoms with Crippen LogP contribution in [-0.2, 0) is 12.2 Å². The van der Waals surface area contributed by atoms with Gasteiger partial charge in [-0.05, 0) is 29.3 Å². The van der Waals surface area contributed by atoms with Crippen molar-refractivity contribution in [3.63, 3.8) is 0 Å². The van der Waals surface area contributed by atoms with Crippen LogP contribution in [0.15, 0.2) is 77.8 Å². The maximum Gasteiger partial charge on any atom is 0.134 e. The van der Waals surface area contributed by atoms with E-state index in [1.54, 1.807) is 11.8 Å². The van der Waals surface area contributed by atoms with Gasteiger partial charge in [-0.25, -0.2) is 9.97 Å². The van der Waals surface area contributed by atoms with Crippen molar-refractivity contribution in [1.29, 1.82) is 0 Å². The summed E-state index contributed by atoms with van der Waals surface area (Å²) in [6.07, 6.45) is 0.700. The molecule has 0 atom stereocenters. The van der Waals surface area contributed by atoms with E-state index in [-0.39, 0.29) is 0 Å². The van der Waals surface area contributed by atoms with Crippen LogP contribution >= 0.6 is 35.0 Å². The molecule has 0 aliphatic carbocycles. The summed E-state index contributed by atoms with van der Waals surface area (Å²) < 4.78 is 0. The van der Waals surface area contributed by atoms with Crippen LogP contribution in [-0.4, -0.2) is 9.97 Å². The maximum atomic E-state index is 6.32. The molecule has 0 unspecified atom stereocenters. The molecule has 0 aliphatic heterocycles. The zero-order chi connectivity index (χ0) is 18.6. The highest BCUT2D eigenvalue weighted by atomic mass is 35.5. The molecule has 27 heavy (non-hydrogen) atoms. The number of benzene rings is 3. The van der Waals surface area contributed by atoms with E-state index >= 15 is 0 Å². The van der Waals surface area contributed by atoms with Crippen LogP contribution in [0.2, 0.25) is 10.0 Å². The van der Waals surface area contributed by atoms with Gasteiger partial charge in [-0.2, -0.15) is 0 Å². The third kappa shape index (κ3) is 4.27. The first-order valence-corrected chi connectivity index (χ1v) is 10.3. The average molecular weight is 411 g/mol. The van der Waals surface area contributed by atoms with E-state index in [1.807, 2.05) is 54.6 Å². The Morgan fingerprint density at radius 3 is 2.22 bits per heavy atom. The number of para-hydroxylation sites is 1. The molecular weight excluding hydrogens is 395 g/mol. The summed E-state index contributed by atoms with van der Waals surface area (Å²) in [5, 5.41) is 3.35. The Hall–Kier alpha value is -2.07. The first-order valence-electron chi connectivity index (χ1n) is 8.56. The Morgan fingerprint density at radius 1 is 0.741 bits per heavy atom. The first-order chi connectivity index (χ1) is 13.2. The summed E-state index contributed by atoms with van der Waals surface area (Å²) in [5.41, 5.74) is 3.07. The molecule has 4 rings (SSSR count). The van der Waals surface area contributed by atoms with Crippen molar-refractivity contribution in [3.05, 3.63) is 99.8 Å². The van der Waals surface area contributed by atoms with Crippen molar-refractivity contribution in [2.45, 2.75) is 17.2 Å². The van der Waals surface area contributed by atoms with Crippen molar-refractivity contribution in [3.8, 4) is 0 Å². The number of halogens is 2. The van der Waals surface area contributed by atoms with Crippen LogP contribution in [0.4, 0.5) is 0 Å². The first kappa shape index (κ1) is 18.3. The summed E-state index contributed by atoms with van der Waals surface area (Å²) in [7, 11) is 0. The highest BCUT2D eigenvalue weighted by Crippen LogP contribution is 2.33. The highest BCUT2D eigenvalue weighted by molar-refractivity contribution is 7.98. The third-order valence-corrected chi connectivity index (χ3v) is 5.96. The number of nitrogens with zero attached hydrogens (tertiary/aromatic N) is 2. The minimum Gasteiger partial charge on any atom is -0.232 e. The fourth-order valence-electron chi connectivity index (χ4n) is 2.87. The number of rotatable bonds is 5. The van der Waals surface area contributed by atoms with Gasteiger partial charge >= 0.3 is 0 Å². The van der Waals surface area contributed by atoms with Gasteiger partial charge < -0.3 is 0 Å². The van der Waals surface area contributed by atoms with Gasteiger partial charge in [0.05, 0.1) is 5.52 Å². The van der Waals surface area contributed by atoms with E-state index in [2.05, 4.69) is 18.2 Å². The predicted molar refractivity (Wildman–Crippen MR) is 115 cm³/mol. The molecule has 0 saturated heterocycles. The van der Waals surface area contributed by atoms with E-state index in [9.17, 15) is 0 Å². The Morgan fingerprint density at radius 2 is 1.44 bits per heavy atom. The average Bonchev–Trinajstić information content (AvgIpc) is 2.68. The molecule has 0 amide bonds. The van der Waals surface area contributed by atoms with Gasteiger partial charge in [-0.3, -0.25) is 0 Å². The van der Waals surface area contributed by atoms with Gasteiger partial charge in [0.1, 0.15) is 10.9 Å². The van der Waals surface area contributed by atoms with Crippen LogP contribution in [0.5, 0.6) is 0 Å². The summed E-state index contributed by atoms with van der Waals surface area (Å²) in [6, 6.07) is 23.9. The van der Waals surface area contributed by atoms with Gasteiger partial charge in [0, 0.05) is 27.6 Å². The molecule has 0 saturated carbocycles. The topological polar surface area (TPSA) is 25.8 Å². The van der Waals surface area contributed by atoms with Crippen molar-refractivity contribution in [2.75, 3.05) is 0 Å². The molecule has 134 valence electrons. The normalized spacial score (nSPS) is 11.0. The molecule has 0 radical (unpaired) electrons. The van der Waals surface area contributed by atoms with Crippen molar-refractivity contribution >= 4 is 45.9 Å². The van der Waals surface area contributed by atoms with Gasteiger partial charge in [0.15, 0.2) is 0 Å². The summed E-state index contributed by atoms with van der Waals surface area (Å²) in [6.45, 7) is 0. The summed E-state index contributed by atoms with van der Waals surface area (Å²) in [4.78, 5) is 9.58. The Bertz CT molecular complexity index is 1060. The standard InChI is InChI=1S/C22H16Cl2N2S/c23-18-10-6-11-19(24)17(18)14-27-22-16-9-4-5-12-20(16)25-21(26-22)13-15-7-2-1-3-8-15/h1-12H,13-14H2. The lowest BCUT2D eigenvalue weighted by molar-refractivity contribution is 0.941. The Kier molecular flexibility index (Phi) is 5.63. The van der Waals surface area contributed by atoms with Gasteiger partial charge in [-0.15, -0.1) is 11.8 Å². The van der Waals surface area contributed by atoms with Crippen LogP contribution in [0.1, 0.15) is 17.0 Å². The second-order valence-electron chi connectivity index (χ2n) is 6.11. The molecule has 2 nitrogen and oxygen atoms in total. The van der Waals surface area contributed by atoms with E-state index in [1.165, 1.54) is 5.56 Å². The lowest BCUT2D eigenvalue weighted by Gasteiger charge is -2.10. The molecule has 5 heteroatoms. The lowest BCUT2D eigenvalue weighted by atomic mass is 10.1. The maximum absolute atomic E-state index is 6.32. The molecular formula is C22H16Cl2N2S. The van der Waals surface area contributed by atoms with Crippen LogP contribution < -0.4 is 0 Å². The van der Waals surface area contributed by atoms with E-state index < -0.39 is 0 Å². The summed E-state index contributed by atoms with van der Waals surface area (Å²) >= 11 is 14.3. The molecule has 3 aromatic carbocycles. The van der Waals surface area contributed by atoms with Crippen molar-refractivity contribution in [2.24, 2.45) is 0 Å². The third-order valence-electron chi connectivity index (χ3n) is 4.23. The Labute approximate surface area is 172 Å². The SMILES string of the molecule is Clc1cccc(Cl)c1CSc1nc(Cc2ccccc2)nc2ccccc12. The largest absolute Gasteiger partial charge is 0.232 e. The second-order valence-corrected chi connectivity index (χ2v) is 7.89. The number of hydrogen-bond acceptors (Lipinski definition) is 3. The number of fused-ring (bicyclic) bond motifs is 1. The summed E-state index contributed by atoms with van der Waals surface area (Å²) in [5.74, 6) is 1.47. The zero-order valence-electron chi connectivity index (χ0n) is 14.4. The monoisotopic (exact) mass is 410 g/mol. The van der Waals surface area contributed by atoms with Crippen LogP contribution in [0, 0.1) is 0 Å². The van der Waals surface area contributed by atoms with Gasteiger partial charge in [0.2, 0.25) is 0 Å². The molecule has 0 bridgehead atoms. The molecule has 0 N–H and O–H groups in total. The van der Waals surface area contributed by atoms with Gasteiger partial charge in [-0.1, -0.05) is 77.8 Å². The number of thioether (sulfide) groups is 1. The minimum atomic E-state index is 0.657. The number of hydrogen-bond donors (Lipinski definition) is 0. The number of aromatic nitrogens is 2. The lowest BCUT2D eigenvalue weighted by Crippen LogP contribution is -1.99. The fraction of sp³-hybridized carbons (Fsp3) is 0.0909. The van der Waals surface area contributed by atoms with E-state index in [4.69, 9.17) is 33.2 Å². The second kappa shape index (κ2) is 8.30. The minimum absolute atomic E-state index is 0.657. The quantitative estimate of drug-likeness (QED) is 0.266. The molecule has 1 heterocycles. The zero-order valence-corrected chi connectivity index (χ0v) is 16.7. The van der Waals surface area contributed by atoms with E-state index in [0.29, 0.717) is 22.2 Å². The van der Waals surface area contributed by atoms with Crippen molar-refractivity contribution in [1.82, 2.24) is 9.97 Å². The fourth-order valence-corrected chi connectivity index (χ4v) is 4.65. The highest BCUT2D eigenvalue weighted by Gasteiger charge is 2.12. The molecule has 0 aliphatic rings. The molecule has 4 aromatic rings. The smallest absolute Gasteiger partial charge is 0.134 e. The Balaban J connectivity index is 1.68. The molecule has 1 aromatic heterocycles. The molecule has 0 spiro atoms. The van der Waals surface area contributed by atoms with Crippen molar-refractivity contribution < 1.29 is 0 Å². The van der Waals surface area contributed by atoms with Crippen LogP contribution in [0.3, 0.4) is 0 Å². The predicted octanol–water partition coefficient (Wildman–Crippen LogP) is 6.82. The van der Waals surface area contributed by atoms with Gasteiger partial charge in [0.25, 0.3) is 0 Å². The van der Waals surface area contributed by atoms with Crippen LogP contribution in [0.25, 0.3) is 10.9 Å². The van der Waals surface area contributed by atoms with E-state index in [0.717, 1.165) is 27.3 Å².